The molecule has 1 N–H and O–H groups in total. The standard InChI is InChI=1S/C11H16OS2/c1-8(12)7-9-5-4-6-10(13-2)11(9)14-3/h4-6,8,12H,7H2,1-3H3. The average molecular weight is 228 g/mol. The molecule has 1 nitrogen and oxygen atoms in total. The predicted molar refractivity (Wildman–Crippen MR) is 65.4 cm³/mol. The summed E-state index contributed by atoms with van der Waals surface area (Å²) in [6.45, 7) is 1.83. The van der Waals surface area contributed by atoms with E-state index in [1.807, 2.05) is 6.92 Å². The van der Waals surface area contributed by atoms with E-state index in [0.29, 0.717) is 0 Å². The predicted octanol–water partition coefficient (Wildman–Crippen LogP) is 3.05. The van der Waals surface area contributed by atoms with Crippen molar-refractivity contribution in [2.45, 2.75) is 29.2 Å². The van der Waals surface area contributed by atoms with Gasteiger partial charge in [-0.2, -0.15) is 0 Å². The number of rotatable bonds is 4. The second kappa shape index (κ2) is 5.69. The minimum absolute atomic E-state index is 0.266. The maximum Gasteiger partial charge on any atom is 0.0552 e. The molecule has 0 radical (unpaired) electrons. The molecule has 1 aromatic rings. The molecule has 1 rings (SSSR count). The van der Waals surface area contributed by atoms with Crippen LogP contribution in [0.2, 0.25) is 0 Å². The highest BCUT2D eigenvalue weighted by Gasteiger charge is 2.08. The van der Waals surface area contributed by atoms with Crippen LogP contribution in [-0.2, 0) is 6.42 Å². The fourth-order valence-electron chi connectivity index (χ4n) is 1.43. The van der Waals surface area contributed by atoms with E-state index in [1.54, 1.807) is 23.5 Å². The quantitative estimate of drug-likeness (QED) is 0.800. The monoisotopic (exact) mass is 228 g/mol. The van der Waals surface area contributed by atoms with Gasteiger partial charge in [-0.3, -0.25) is 0 Å². The number of aliphatic hydroxyl groups is 1. The fraction of sp³-hybridized carbons (Fsp3) is 0.455. The molecule has 0 bridgehead atoms. The molecule has 0 saturated carbocycles. The smallest absolute Gasteiger partial charge is 0.0552 e. The van der Waals surface area contributed by atoms with Crippen LogP contribution in [0.1, 0.15) is 12.5 Å². The molecule has 0 fully saturated rings. The molecule has 3 heteroatoms. The number of hydrogen-bond donors (Lipinski definition) is 1. The Morgan fingerprint density at radius 1 is 1.29 bits per heavy atom. The van der Waals surface area contributed by atoms with Crippen LogP contribution in [-0.4, -0.2) is 23.7 Å². The molecule has 1 aromatic carbocycles. The third-order valence-corrected chi connectivity index (χ3v) is 3.80. The molecule has 0 spiro atoms. The molecule has 0 aliphatic heterocycles. The summed E-state index contributed by atoms with van der Waals surface area (Å²) >= 11 is 3.52. The summed E-state index contributed by atoms with van der Waals surface area (Å²) in [5.41, 5.74) is 1.25. The first-order chi connectivity index (χ1) is 6.69. The highest BCUT2D eigenvalue weighted by Crippen LogP contribution is 2.31. The topological polar surface area (TPSA) is 20.2 Å². The van der Waals surface area contributed by atoms with Crippen molar-refractivity contribution in [2.75, 3.05) is 12.5 Å². The van der Waals surface area contributed by atoms with Crippen molar-refractivity contribution in [3.8, 4) is 0 Å². The lowest BCUT2D eigenvalue weighted by Crippen LogP contribution is -2.05. The minimum Gasteiger partial charge on any atom is -0.393 e. The molecule has 0 amide bonds. The van der Waals surface area contributed by atoms with Crippen molar-refractivity contribution >= 4 is 23.5 Å². The van der Waals surface area contributed by atoms with Crippen LogP contribution in [0.4, 0.5) is 0 Å². The van der Waals surface area contributed by atoms with Gasteiger partial charge in [0.05, 0.1) is 6.10 Å². The van der Waals surface area contributed by atoms with Crippen LogP contribution < -0.4 is 0 Å². The van der Waals surface area contributed by atoms with Gasteiger partial charge in [-0.1, -0.05) is 12.1 Å². The van der Waals surface area contributed by atoms with Crippen molar-refractivity contribution < 1.29 is 5.11 Å². The minimum atomic E-state index is -0.266. The number of hydrogen-bond acceptors (Lipinski definition) is 3. The highest BCUT2D eigenvalue weighted by atomic mass is 32.2. The zero-order chi connectivity index (χ0) is 10.6. The molecule has 0 saturated heterocycles. The third kappa shape index (κ3) is 2.94. The SMILES string of the molecule is CSc1cccc(CC(C)O)c1SC. The summed E-state index contributed by atoms with van der Waals surface area (Å²) in [7, 11) is 0. The Labute approximate surface area is 94.3 Å². The van der Waals surface area contributed by atoms with E-state index in [1.165, 1.54) is 15.4 Å². The summed E-state index contributed by atoms with van der Waals surface area (Å²) in [5.74, 6) is 0. The summed E-state index contributed by atoms with van der Waals surface area (Å²) in [6.07, 6.45) is 4.64. The van der Waals surface area contributed by atoms with Gasteiger partial charge in [0.25, 0.3) is 0 Å². The van der Waals surface area contributed by atoms with Gasteiger partial charge >= 0.3 is 0 Å². The summed E-state index contributed by atoms with van der Waals surface area (Å²) in [4.78, 5) is 2.61. The molecule has 0 heterocycles. The molecular weight excluding hydrogens is 212 g/mol. The average Bonchev–Trinajstić information content (AvgIpc) is 2.16. The third-order valence-electron chi connectivity index (χ3n) is 2.00. The Morgan fingerprint density at radius 2 is 2.00 bits per heavy atom. The Hall–Kier alpha value is -0.120. The van der Waals surface area contributed by atoms with Crippen LogP contribution >= 0.6 is 23.5 Å². The van der Waals surface area contributed by atoms with Crippen LogP contribution in [0.25, 0.3) is 0 Å². The number of benzene rings is 1. The van der Waals surface area contributed by atoms with Gasteiger partial charge in [0, 0.05) is 9.79 Å². The molecule has 0 aliphatic rings. The van der Waals surface area contributed by atoms with Gasteiger partial charge in [0.2, 0.25) is 0 Å². The maximum atomic E-state index is 9.37. The Balaban J connectivity index is 3.02. The van der Waals surface area contributed by atoms with Crippen molar-refractivity contribution in [1.29, 1.82) is 0 Å². The van der Waals surface area contributed by atoms with Gasteiger partial charge < -0.3 is 5.11 Å². The normalized spacial score (nSPS) is 12.9. The van der Waals surface area contributed by atoms with Crippen LogP contribution in [0.3, 0.4) is 0 Å². The van der Waals surface area contributed by atoms with Crippen LogP contribution in [0, 0.1) is 0 Å². The summed E-state index contributed by atoms with van der Waals surface area (Å²) in [6, 6.07) is 6.28. The van der Waals surface area contributed by atoms with Gasteiger partial charge in [0.15, 0.2) is 0 Å². The number of aliphatic hydroxyl groups excluding tert-OH is 1. The first-order valence-electron chi connectivity index (χ1n) is 4.57. The van der Waals surface area contributed by atoms with Crippen molar-refractivity contribution in [3.63, 3.8) is 0 Å². The number of thioether (sulfide) groups is 2. The summed E-state index contributed by atoms with van der Waals surface area (Å²) < 4.78 is 0. The highest BCUT2D eigenvalue weighted by molar-refractivity contribution is 8.01. The largest absolute Gasteiger partial charge is 0.393 e. The van der Waals surface area contributed by atoms with Crippen molar-refractivity contribution in [1.82, 2.24) is 0 Å². The van der Waals surface area contributed by atoms with Gasteiger partial charge in [-0.15, -0.1) is 23.5 Å². The molecule has 0 aliphatic carbocycles. The molecule has 78 valence electrons. The van der Waals surface area contributed by atoms with Crippen molar-refractivity contribution in [3.05, 3.63) is 23.8 Å². The van der Waals surface area contributed by atoms with E-state index < -0.39 is 0 Å². The Bertz CT molecular complexity index is 297. The Morgan fingerprint density at radius 3 is 2.50 bits per heavy atom. The van der Waals surface area contributed by atoms with E-state index in [2.05, 4.69) is 30.7 Å². The fourth-order valence-corrected chi connectivity index (χ4v) is 3.15. The molecule has 14 heavy (non-hydrogen) atoms. The lowest BCUT2D eigenvalue weighted by Gasteiger charge is -2.12. The molecule has 1 atom stereocenters. The van der Waals surface area contributed by atoms with Gasteiger partial charge in [0.1, 0.15) is 0 Å². The van der Waals surface area contributed by atoms with E-state index >= 15 is 0 Å². The van der Waals surface area contributed by atoms with Crippen molar-refractivity contribution in [2.24, 2.45) is 0 Å². The second-order valence-electron chi connectivity index (χ2n) is 3.21. The molecular formula is C11H16OS2. The van der Waals surface area contributed by atoms with Gasteiger partial charge in [-0.25, -0.2) is 0 Å². The van der Waals surface area contributed by atoms with E-state index in [-0.39, 0.29) is 6.10 Å². The first-order valence-corrected chi connectivity index (χ1v) is 7.02. The lowest BCUT2D eigenvalue weighted by molar-refractivity contribution is 0.194. The van der Waals surface area contributed by atoms with E-state index in [0.717, 1.165) is 6.42 Å². The zero-order valence-corrected chi connectivity index (χ0v) is 10.4. The second-order valence-corrected chi connectivity index (χ2v) is 4.87. The van der Waals surface area contributed by atoms with E-state index in [4.69, 9.17) is 0 Å². The van der Waals surface area contributed by atoms with Gasteiger partial charge in [-0.05, 0) is 37.5 Å². The summed E-state index contributed by atoms with van der Waals surface area (Å²) in [5, 5.41) is 9.37. The lowest BCUT2D eigenvalue weighted by atomic mass is 10.1. The molecule has 0 aromatic heterocycles. The Kier molecular flexibility index (Phi) is 4.85. The van der Waals surface area contributed by atoms with E-state index in [9.17, 15) is 5.11 Å². The first kappa shape index (κ1) is 12.0. The maximum absolute atomic E-state index is 9.37. The van der Waals surface area contributed by atoms with Crippen LogP contribution in [0.5, 0.6) is 0 Å². The zero-order valence-electron chi connectivity index (χ0n) is 8.78. The van der Waals surface area contributed by atoms with Crippen LogP contribution in [0.15, 0.2) is 28.0 Å². The molecule has 1 unspecified atom stereocenters.